The Morgan fingerprint density at radius 1 is 1.04 bits per heavy atom. The third kappa shape index (κ3) is 9.37. The van der Waals surface area contributed by atoms with Crippen molar-refractivity contribution >= 4 is 44.0 Å². The van der Waals surface area contributed by atoms with Gasteiger partial charge >= 0.3 is 5.69 Å². The summed E-state index contributed by atoms with van der Waals surface area (Å²) in [5.74, 6) is 0.194. The number of H-pyrrole nitrogens is 1. The smallest absolute Gasteiger partial charge is 0.314 e. The summed E-state index contributed by atoms with van der Waals surface area (Å²) in [7, 11) is -4.65. The molecule has 2 aliphatic carbocycles. The molecule has 2 saturated heterocycles. The van der Waals surface area contributed by atoms with Crippen molar-refractivity contribution in [1.29, 1.82) is 0 Å². The van der Waals surface area contributed by atoms with E-state index in [0.29, 0.717) is 55.8 Å². The number of aliphatic hydroxyl groups is 1. The molecule has 360 valence electrons. The van der Waals surface area contributed by atoms with Crippen LogP contribution in [0.4, 0.5) is 17.1 Å². The predicted octanol–water partition coefficient (Wildman–Crippen LogP) is 8.83. The number of amides is 1. The van der Waals surface area contributed by atoms with Gasteiger partial charge in [0, 0.05) is 55.1 Å². The molecule has 3 aliphatic heterocycles. The topological polar surface area (TPSA) is 201 Å². The number of aromatic nitrogens is 2. The minimum Gasteiger partial charge on any atom is -0.480 e. The molecule has 17 heteroatoms. The summed E-state index contributed by atoms with van der Waals surface area (Å²) in [4.78, 5) is 37.9. The zero-order chi connectivity index (χ0) is 47.4. The molecule has 4 fully saturated rings. The van der Waals surface area contributed by atoms with Gasteiger partial charge < -0.3 is 34.5 Å². The van der Waals surface area contributed by atoms with Gasteiger partial charge in [-0.05, 0) is 123 Å². The molecule has 10 rings (SSSR count). The van der Waals surface area contributed by atoms with E-state index in [2.05, 4.69) is 67.9 Å². The van der Waals surface area contributed by atoms with Gasteiger partial charge in [-0.3, -0.25) is 19.8 Å². The zero-order valence-electron chi connectivity index (χ0n) is 38.9. The van der Waals surface area contributed by atoms with Crippen LogP contribution in [0, 0.1) is 21.4 Å². The monoisotopic (exact) mass is 947 g/mol. The van der Waals surface area contributed by atoms with Crippen LogP contribution in [0.5, 0.6) is 17.2 Å². The number of anilines is 2. The van der Waals surface area contributed by atoms with E-state index < -0.39 is 37.0 Å². The molecule has 16 nitrogen and oxygen atoms in total. The Morgan fingerprint density at radius 3 is 2.59 bits per heavy atom. The van der Waals surface area contributed by atoms with Crippen molar-refractivity contribution in [2.75, 3.05) is 49.6 Å². The Hall–Kier alpha value is -5.75. The molecule has 2 aromatic heterocycles. The van der Waals surface area contributed by atoms with Crippen molar-refractivity contribution in [3.8, 4) is 17.2 Å². The van der Waals surface area contributed by atoms with Crippen LogP contribution in [0.2, 0.25) is 0 Å². The van der Waals surface area contributed by atoms with E-state index in [4.69, 9.17) is 14.2 Å². The molecule has 68 heavy (non-hydrogen) atoms. The van der Waals surface area contributed by atoms with Crippen LogP contribution < -0.4 is 24.4 Å². The second kappa shape index (κ2) is 18.3. The normalized spacial score (nSPS) is 24.2. The van der Waals surface area contributed by atoms with Crippen molar-refractivity contribution in [1.82, 2.24) is 19.6 Å². The van der Waals surface area contributed by atoms with Gasteiger partial charge in [-0.1, -0.05) is 38.1 Å². The molecule has 0 bridgehead atoms. The van der Waals surface area contributed by atoms with Crippen molar-refractivity contribution in [3.05, 3.63) is 106 Å². The molecule has 1 amide bonds. The number of morpholine rings is 1. The number of carbonyl (C=O) groups excluding carboxylic acids is 1. The van der Waals surface area contributed by atoms with Crippen LogP contribution in [0.15, 0.2) is 84.0 Å². The van der Waals surface area contributed by atoms with E-state index >= 15 is 0 Å². The van der Waals surface area contributed by atoms with Gasteiger partial charge in [-0.25, -0.2) is 18.1 Å². The zero-order valence-corrected chi connectivity index (χ0v) is 39.7. The van der Waals surface area contributed by atoms with Crippen LogP contribution in [-0.2, 0) is 14.8 Å². The first-order valence-electron chi connectivity index (χ1n) is 24.1. The standard InChI is InChI=1S/C51H61N7O9S/c1-32(2)40-6-4-5-7-41(40)45-31-65-21-20-57(45)36-27-51(28-36)15-18-56(19-16-51)35-8-9-42(46(24-35)66-38-23-34-12-17-52-48(34)54-30-38)49(59)55-68(63,64)39-25-43-47(44(26-39)58(61)62)67-37(29-53-43)22-33-10-13-50(3,60)14-11-33/h4-9,12,17,23-26,30,32-33,36-37,45,53,60H,10-11,13-16,18-22,27-29,31H2,1-3H3,(H,52,54)(H,55,59)/t33?,37-,45-,50?/m0/s1. The Balaban J connectivity index is 0.847. The van der Waals surface area contributed by atoms with Crippen LogP contribution >= 0.6 is 0 Å². The molecule has 0 unspecified atom stereocenters. The van der Waals surface area contributed by atoms with Gasteiger partial charge in [0.05, 0.1) is 58.7 Å². The number of fused-ring (bicyclic) bond motifs is 2. The van der Waals surface area contributed by atoms with Crippen LogP contribution in [0.25, 0.3) is 11.0 Å². The van der Waals surface area contributed by atoms with E-state index in [9.17, 15) is 28.4 Å². The third-order valence-electron chi connectivity index (χ3n) is 15.3. The maximum absolute atomic E-state index is 14.1. The van der Waals surface area contributed by atoms with Crippen molar-refractivity contribution in [3.63, 3.8) is 0 Å². The number of piperidine rings is 1. The van der Waals surface area contributed by atoms with Crippen molar-refractivity contribution < 1.29 is 37.5 Å². The van der Waals surface area contributed by atoms with Gasteiger partial charge in [0.25, 0.3) is 15.9 Å². The summed E-state index contributed by atoms with van der Waals surface area (Å²) in [5, 5.41) is 26.7. The summed E-state index contributed by atoms with van der Waals surface area (Å²) in [6, 6.07) is 20.5. The number of hydrogen-bond donors (Lipinski definition) is 4. The Morgan fingerprint density at radius 2 is 1.82 bits per heavy atom. The maximum atomic E-state index is 14.1. The fourth-order valence-electron chi connectivity index (χ4n) is 11.4. The summed E-state index contributed by atoms with van der Waals surface area (Å²) in [6.07, 6.45) is 10.9. The second-order valence-electron chi connectivity index (χ2n) is 20.3. The number of sulfonamides is 1. The quantitative estimate of drug-likeness (QED) is 0.0683. The summed E-state index contributed by atoms with van der Waals surface area (Å²) in [6.45, 7) is 10.7. The van der Waals surface area contributed by atoms with E-state index in [0.717, 1.165) is 81.9 Å². The molecule has 1 spiro atoms. The number of ether oxygens (including phenoxy) is 3. The van der Waals surface area contributed by atoms with Crippen LogP contribution in [0.1, 0.15) is 112 Å². The van der Waals surface area contributed by atoms with Gasteiger partial charge in [-0.15, -0.1) is 0 Å². The predicted molar refractivity (Wildman–Crippen MR) is 258 cm³/mol. The molecule has 5 aliphatic rings. The lowest BCUT2D eigenvalue weighted by molar-refractivity contribution is -0.386. The van der Waals surface area contributed by atoms with Crippen LogP contribution in [0.3, 0.4) is 0 Å². The minimum absolute atomic E-state index is 0.0399. The van der Waals surface area contributed by atoms with Gasteiger partial charge in [-0.2, -0.15) is 0 Å². The maximum Gasteiger partial charge on any atom is 0.314 e. The lowest BCUT2D eigenvalue weighted by atomic mass is 9.59. The highest BCUT2D eigenvalue weighted by molar-refractivity contribution is 7.90. The first-order valence-corrected chi connectivity index (χ1v) is 25.6. The number of carbonyl (C=O) groups is 1. The van der Waals surface area contributed by atoms with E-state index in [-0.39, 0.29) is 46.2 Å². The second-order valence-corrected chi connectivity index (χ2v) is 22.0. The van der Waals surface area contributed by atoms with E-state index in [1.165, 1.54) is 23.4 Å². The average molecular weight is 948 g/mol. The number of nitro groups is 1. The largest absolute Gasteiger partial charge is 0.480 e. The Bertz CT molecular complexity index is 2810. The summed E-state index contributed by atoms with van der Waals surface area (Å²) >= 11 is 0. The number of rotatable bonds is 12. The number of nitrogens with zero attached hydrogens (tertiary/aromatic N) is 4. The van der Waals surface area contributed by atoms with Crippen molar-refractivity contribution in [2.24, 2.45) is 11.3 Å². The number of benzene rings is 3. The molecule has 0 radical (unpaired) electrons. The number of aromatic amines is 1. The highest BCUT2D eigenvalue weighted by Crippen LogP contribution is 2.53. The molecule has 2 atom stereocenters. The third-order valence-corrected chi connectivity index (χ3v) is 16.6. The molecular weight excluding hydrogens is 887 g/mol. The van der Waals surface area contributed by atoms with Gasteiger partial charge in [0.1, 0.15) is 23.3 Å². The molecule has 2 saturated carbocycles. The fourth-order valence-corrected chi connectivity index (χ4v) is 12.4. The highest BCUT2D eigenvalue weighted by Gasteiger charge is 2.50. The van der Waals surface area contributed by atoms with E-state index in [1.807, 2.05) is 19.1 Å². The number of hydrogen-bond acceptors (Lipinski definition) is 13. The van der Waals surface area contributed by atoms with Crippen molar-refractivity contribution in [2.45, 2.75) is 113 Å². The first-order chi connectivity index (χ1) is 32.6. The minimum atomic E-state index is -4.65. The number of nitro benzene ring substituents is 1. The van der Waals surface area contributed by atoms with Gasteiger partial charge in [0.15, 0.2) is 0 Å². The molecular formula is C51H61N7O9S. The fraction of sp³-hybridized carbons (Fsp3) is 0.490. The van der Waals surface area contributed by atoms with Crippen LogP contribution in [-0.4, -0.2) is 96.4 Å². The van der Waals surface area contributed by atoms with E-state index in [1.54, 1.807) is 24.4 Å². The molecule has 3 aromatic carbocycles. The number of nitrogens with one attached hydrogen (secondary N) is 3. The first kappa shape index (κ1) is 46.0. The Kier molecular flexibility index (Phi) is 12.4. The van der Waals surface area contributed by atoms with Gasteiger partial charge in [0.2, 0.25) is 5.75 Å². The summed E-state index contributed by atoms with van der Waals surface area (Å²) < 4.78 is 48.7. The number of pyridine rings is 1. The lowest BCUT2D eigenvalue weighted by Crippen LogP contribution is -2.58. The molecule has 4 N–H and O–H groups in total. The molecule has 5 aromatic rings. The highest BCUT2D eigenvalue weighted by atomic mass is 32.2. The SMILES string of the molecule is CC(C)c1ccccc1[C@@H]1COCCN1C1CC2(CCN(c3ccc(C(=O)NS(=O)(=O)c4cc5c(c([N+](=O)[O-])c4)O[C@@H](CC4CCC(C)(O)CC4)CN5)c(Oc4cnc5[nH]ccc5c4)c3)CC2)C1. The molecule has 5 heterocycles. The average Bonchev–Trinajstić information content (AvgIpc) is 3.79. The Labute approximate surface area is 397 Å². The lowest BCUT2D eigenvalue weighted by Gasteiger charge is -2.57. The summed E-state index contributed by atoms with van der Waals surface area (Å²) in [5.41, 5.74) is 3.40.